The topological polar surface area (TPSA) is 96.8 Å². The van der Waals surface area contributed by atoms with E-state index < -0.39 is 0 Å². The molecule has 2 N–H and O–H groups in total. The van der Waals surface area contributed by atoms with E-state index in [0.29, 0.717) is 36.0 Å². The molecule has 7 rings (SSSR count). The highest BCUT2D eigenvalue weighted by Crippen LogP contribution is 2.45. The number of Topliss-reactive ketones (excluding diaryl/α,β-unsaturated/α-hetero) is 1. The van der Waals surface area contributed by atoms with Gasteiger partial charge in [0.05, 0.1) is 18.2 Å². The van der Waals surface area contributed by atoms with Gasteiger partial charge in [-0.2, -0.15) is 4.98 Å². The van der Waals surface area contributed by atoms with Crippen LogP contribution in [0.5, 0.6) is 11.5 Å². The second kappa shape index (κ2) is 11.0. The van der Waals surface area contributed by atoms with E-state index in [1.165, 1.54) is 0 Å². The van der Waals surface area contributed by atoms with E-state index in [1.54, 1.807) is 17.8 Å². The molecule has 2 aliphatic rings. The summed E-state index contributed by atoms with van der Waals surface area (Å²) in [5, 5.41) is 14.1. The third kappa shape index (κ3) is 4.80. The summed E-state index contributed by atoms with van der Waals surface area (Å²) in [6, 6.07) is 27.5. The number of hydrogen-bond donors (Lipinski definition) is 2. The van der Waals surface area contributed by atoms with Gasteiger partial charge in [0, 0.05) is 40.8 Å². The molecule has 0 saturated heterocycles. The first-order chi connectivity index (χ1) is 20.6. The van der Waals surface area contributed by atoms with Gasteiger partial charge in [-0.1, -0.05) is 60.3 Å². The Morgan fingerprint density at radius 1 is 0.929 bits per heavy atom. The van der Waals surface area contributed by atoms with E-state index in [9.17, 15) is 9.90 Å². The lowest BCUT2D eigenvalue weighted by atomic mass is 10.1. The van der Waals surface area contributed by atoms with E-state index >= 15 is 0 Å². The van der Waals surface area contributed by atoms with Crippen LogP contribution >= 0.6 is 11.8 Å². The Kier molecular flexibility index (Phi) is 6.89. The maximum Gasteiger partial charge on any atom is 0.231 e. The molecule has 1 aliphatic carbocycles. The van der Waals surface area contributed by atoms with Crippen LogP contribution in [-0.4, -0.2) is 34.7 Å². The van der Waals surface area contributed by atoms with Crippen molar-refractivity contribution in [3.8, 4) is 11.5 Å². The lowest BCUT2D eigenvalue weighted by Crippen LogP contribution is -2.24. The highest BCUT2D eigenvalue weighted by Gasteiger charge is 2.36. The summed E-state index contributed by atoms with van der Waals surface area (Å²) in [5.74, 6) is 2.60. The highest BCUT2D eigenvalue weighted by atomic mass is 32.2. The molecule has 0 bridgehead atoms. The molecule has 1 unspecified atom stereocenters. The van der Waals surface area contributed by atoms with Gasteiger partial charge in [0.15, 0.2) is 17.3 Å². The molecule has 1 aliphatic heterocycles. The van der Waals surface area contributed by atoms with Crippen LogP contribution in [0.4, 0.5) is 11.8 Å². The number of para-hydroxylation sites is 1. The first-order valence-electron chi connectivity index (χ1n) is 13.7. The van der Waals surface area contributed by atoms with Crippen LogP contribution < -0.4 is 19.7 Å². The van der Waals surface area contributed by atoms with Gasteiger partial charge in [-0.25, -0.2) is 4.98 Å². The Morgan fingerprint density at radius 3 is 2.43 bits per heavy atom. The second-order valence-electron chi connectivity index (χ2n) is 10.3. The number of carbonyl (C=O) groups excluding carboxylic acids is 1. The maximum atomic E-state index is 13.0. The van der Waals surface area contributed by atoms with Crippen LogP contribution in [0, 0.1) is 0 Å². The molecule has 42 heavy (non-hydrogen) atoms. The number of aliphatic hydroxyl groups excluding tert-OH is 1. The van der Waals surface area contributed by atoms with Gasteiger partial charge in [0.1, 0.15) is 5.82 Å². The molecule has 5 aromatic rings. The Morgan fingerprint density at radius 2 is 1.62 bits per heavy atom. The van der Waals surface area contributed by atoms with Gasteiger partial charge in [0.2, 0.25) is 12.7 Å². The van der Waals surface area contributed by atoms with Crippen molar-refractivity contribution in [1.29, 1.82) is 0 Å². The third-order valence-corrected chi connectivity index (χ3v) is 8.98. The number of aromatic nitrogens is 2. The van der Waals surface area contributed by atoms with E-state index in [0.717, 1.165) is 43.2 Å². The minimum absolute atomic E-state index is 0.00877. The van der Waals surface area contributed by atoms with Gasteiger partial charge in [-0.05, 0) is 53.1 Å². The predicted octanol–water partition coefficient (Wildman–Crippen LogP) is 6.38. The molecule has 8 nitrogen and oxygen atoms in total. The van der Waals surface area contributed by atoms with E-state index in [2.05, 4.69) is 22.3 Å². The first-order valence-corrected chi connectivity index (χ1v) is 14.6. The molecular weight excluding hydrogens is 548 g/mol. The minimum Gasteiger partial charge on any atom is -0.454 e. The van der Waals surface area contributed by atoms with Crippen LogP contribution in [0.1, 0.15) is 39.5 Å². The molecule has 0 spiro atoms. The SMILES string of the molecule is CN(c1nc(NCc2ccccc2Sc2ccccc2CO)nc2ccccc12)C1CC(=O)c2cc3c(cc21)OCO3. The largest absolute Gasteiger partial charge is 0.454 e. The van der Waals surface area contributed by atoms with Crippen molar-refractivity contribution in [2.45, 2.75) is 35.4 Å². The van der Waals surface area contributed by atoms with Crippen LogP contribution in [0.25, 0.3) is 10.9 Å². The number of nitrogens with one attached hydrogen (secondary N) is 1. The fourth-order valence-corrected chi connectivity index (χ4v) is 6.61. The Labute approximate surface area is 247 Å². The van der Waals surface area contributed by atoms with Crippen molar-refractivity contribution in [2.24, 2.45) is 0 Å². The van der Waals surface area contributed by atoms with Crippen molar-refractivity contribution < 1.29 is 19.4 Å². The van der Waals surface area contributed by atoms with Crippen molar-refractivity contribution in [2.75, 3.05) is 24.1 Å². The van der Waals surface area contributed by atoms with Gasteiger partial charge < -0.3 is 24.8 Å². The zero-order chi connectivity index (χ0) is 28.6. The van der Waals surface area contributed by atoms with Crippen molar-refractivity contribution in [3.63, 3.8) is 0 Å². The Balaban J connectivity index is 1.19. The number of nitrogens with zero attached hydrogens (tertiary/aromatic N) is 3. The van der Waals surface area contributed by atoms with Crippen molar-refractivity contribution in [3.05, 3.63) is 107 Å². The van der Waals surface area contributed by atoms with Crippen LogP contribution in [0.3, 0.4) is 0 Å². The molecule has 210 valence electrons. The van der Waals surface area contributed by atoms with Crippen molar-refractivity contribution >= 4 is 40.2 Å². The number of ether oxygens (including phenoxy) is 2. The fraction of sp³-hybridized carbons (Fsp3) is 0.182. The normalized spacial score (nSPS) is 15.2. The number of fused-ring (bicyclic) bond motifs is 3. The smallest absolute Gasteiger partial charge is 0.231 e. The zero-order valence-electron chi connectivity index (χ0n) is 22.9. The van der Waals surface area contributed by atoms with E-state index in [1.807, 2.05) is 73.8 Å². The lowest BCUT2D eigenvalue weighted by molar-refractivity contribution is 0.0988. The monoisotopic (exact) mass is 576 g/mol. The molecule has 2 heterocycles. The number of anilines is 2. The Bertz CT molecular complexity index is 1830. The number of hydrogen-bond acceptors (Lipinski definition) is 9. The van der Waals surface area contributed by atoms with Crippen LogP contribution in [0.15, 0.2) is 94.7 Å². The second-order valence-corrected chi connectivity index (χ2v) is 11.3. The molecule has 0 fully saturated rings. The summed E-state index contributed by atoms with van der Waals surface area (Å²) in [4.78, 5) is 27.0. The molecule has 1 aromatic heterocycles. The number of ketones is 1. The third-order valence-electron chi connectivity index (χ3n) is 7.74. The number of rotatable bonds is 8. The van der Waals surface area contributed by atoms with E-state index in [4.69, 9.17) is 19.4 Å². The standard InChI is InChI=1S/C33H28N4O4S/c1-37(26-16-27(39)24-15-29-28(14-23(24)26)40-19-41-29)32-22-10-4-5-11-25(22)35-33(36-32)34-17-20-8-2-6-12-30(20)42-31-13-7-3-9-21(31)18-38/h2-15,26,38H,16-19H2,1H3,(H,34,35,36). The quantitative estimate of drug-likeness (QED) is 0.218. The molecule has 4 aromatic carbocycles. The molecule has 0 radical (unpaired) electrons. The summed E-state index contributed by atoms with van der Waals surface area (Å²) >= 11 is 1.63. The first kappa shape index (κ1) is 26.3. The van der Waals surface area contributed by atoms with Gasteiger partial charge in [-0.15, -0.1) is 0 Å². The summed E-state index contributed by atoms with van der Waals surface area (Å²) in [6.45, 7) is 0.666. The average Bonchev–Trinajstić information content (AvgIpc) is 3.62. The molecule has 1 atom stereocenters. The zero-order valence-corrected chi connectivity index (χ0v) is 23.7. The highest BCUT2D eigenvalue weighted by molar-refractivity contribution is 7.99. The number of benzene rings is 4. The maximum absolute atomic E-state index is 13.0. The molecule has 0 amide bonds. The summed E-state index contributed by atoms with van der Waals surface area (Å²) in [6.07, 6.45) is 0.343. The van der Waals surface area contributed by atoms with Gasteiger partial charge >= 0.3 is 0 Å². The van der Waals surface area contributed by atoms with Gasteiger partial charge in [-0.3, -0.25) is 4.79 Å². The average molecular weight is 577 g/mol. The predicted molar refractivity (Wildman–Crippen MR) is 162 cm³/mol. The number of aliphatic hydroxyl groups is 1. The lowest BCUT2D eigenvalue weighted by Gasteiger charge is -2.27. The number of carbonyl (C=O) groups is 1. The summed E-state index contributed by atoms with van der Waals surface area (Å²) in [7, 11) is 1.97. The molecule has 9 heteroatoms. The van der Waals surface area contributed by atoms with Crippen LogP contribution in [-0.2, 0) is 13.2 Å². The fourth-order valence-electron chi connectivity index (χ4n) is 5.55. The van der Waals surface area contributed by atoms with Crippen LogP contribution in [0.2, 0.25) is 0 Å². The van der Waals surface area contributed by atoms with E-state index in [-0.39, 0.29) is 25.2 Å². The summed E-state index contributed by atoms with van der Waals surface area (Å²) in [5.41, 5.74) is 4.38. The molecule has 0 saturated carbocycles. The van der Waals surface area contributed by atoms with Gasteiger partial charge in [0.25, 0.3) is 0 Å². The summed E-state index contributed by atoms with van der Waals surface area (Å²) < 4.78 is 11.1. The molecular formula is C33H28N4O4S. The Hall–Kier alpha value is -4.60. The minimum atomic E-state index is -0.197. The van der Waals surface area contributed by atoms with Crippen molar-refractivity contribution in [1.82, 2.24) is 9.97 Å².